The molecule has 2 unspecified atom stereocenters. The van der Waals surface area contributed by atoms with E-state index in [9.17, 15) is 4.79 Å². The van der Waals surface area contributed by atoms with Gasteiger partial charge in [0.1, 0.15) is 0 Å². The van der Waals surface area contributed by atoms with E-state index in [-0.39, 0.29) is 5.91 Å². The lowest BCUT2D eigenvalue weighted by molar-refractivity contribution is 0.0924. The van der Waals surface area contributed by atoms with E-state index in [2.05, 4.69) is 27.9 Å². The molecule has 2 fully saturated rings. The first-order valence-corrected chi connectivity index (χ1v) is 8.39. The lowest BCUT2D eigenvalue weighted by atomic mass is 9.99. The Labute approximate surface area is 136 Å². The molecule has 2 N–H and O–H groups in total. The standard InChI is InChI=1S/C18H22N4O/c23-18(21-17-8-15-6-7-16(9-17)20-15)14-10-19-22(12-14)11-13-4-2-1-3-5-13/h1-5,10,12,15-17,20H,6-9,11H2,(H,21,23). The molecular formula is C18H22N4O. The maximum Gasteiger partial charge on any atom is 0.254 e. The maximum absolute atomic E-state index is 12.4. The van der Waals surface area contributed by atoms with Crippen molar-refractivity contribution in [3.05, 3.63) is 53.9 Å². The first-order chi connectivity index (χ1) is 11.3. The second-order valence-corrected chi connectivity index (χ2v) is 6.69. The molecule has 2 saturated heterocycles. The molecule has 120 valence electrons. The fraction of sp³-hybridized carbons (Fsp3) is 0.444. The molecule has 3 heterocycles. The number of carbonyl (C=O) groups is 1. The van der Waals surface area contributed by atoms with Gasteiger partial charge in [0.2, 0.25) is 0 Å². The normalized spacial score (nSPS) is 26.2. The third-order valence-electron chi connectivity index (χ3n) is 4.89. The monoisotopic (exact) mass is 310 g/mol. The summed E-state index contributed by atoms with van der Waals surface area (Å²) in [6.45, 7) is 0.686. The predicted octanol–water partition coefficient (Wildman–Crippen LogP) is 1.94. The van der Waals surface area contributed by atoms with E-state index >= 15 is 0 Å². The molecule has 1 aromatic heterocycles. The Morgan fingerprint density at radius 1 is 1.22 bits per heavy atom. The summed E-state index contributed by atoms with van der Waals surface area (Å²) in [5.74, 6) is -0.00406. The Bertz CT molecular complexity index is 669. The Morgan fingerprint density at radius 3 is 2.70 bits per heavy atom. The van der Waals surface area contributed by atoms with E-state index in [0.29, 0.717) is 30.2 Å². The summed E-state index contributed by atoms with van der Waals surface area (Å²) < 4.78 is 1.82. The second-order valence-electron chi connectivity index (χ2n) is 6.69. The van der Waals surface area contributed by atoms with Crippen molar-refractivity contribution in [1.29, 1.82) is 0 Å². The van der Waals surface area contributed by atoms with E-state index in [1.54, 1.807) is 6.20 Å². The quantitative estimate of drug-likeness (QED) is 0.907. The Hall–Kier alpha value is -2.14. The van der Waals surface area contributed by atoms with Crippen molar-refractivity contribution in [3.63, 3.8) is 0 Å². The van der Waals surface area contributed by atoms with E-state index < -0.39 is 0 Å². The topological polar surface area (TPSA) is 59.0 Å². The SMILES string of the molecule is O=C(NC1CC2CCC(C1)N2)c1cnn(Cc2ccccc2)c1. The van der Waals surface area contributed by atoms with Gasteiger partial charge in [0.05, 0.1) is 18.3 Å². The van der Waals surface area contributed by atoms with Gasteiger partial charge in [0, 0.05) is 24.3 Å². The van der Waals surface area contributed by atoms with Gasteiger partial charge in [-0.1, -0.05) is 30.3 Å². The number of amides is 1. The summed E-state index contributed by atoms with van der Waals surface area (Å²) in [6, 6.07) is 11.6. The molecule has 5 nitrogen and oxygen atoms in total. The van der Waals surface area contributed by atoms with Crippen LogP contribution < -0.4 is 10.6 Å². The zero-order chi connectivity index (χ0) is 15.6. The molecular weight excluding hydrogens is 288 g/mol. The number of piperidine rings is 1. The molecule has 1 amide bonds. The summed E-state index contributed by atoms with van der Waals surface area (Å²) in [7, 11) is 0. The second kappa shape index (κ2) is 6.16. The molecule has 23 heavy (non-hydrogen) atoms. The highest BCUT2D eigenvalue weighted by molar-refractivity contribution is 5.93. The van der Waals surface area contributed by atoms with Crippen molar-refractivity contribution >= 4 is 5.91 Å². The van der Waals surface area contributed by atoms with Crippen LogP contribution in [0.2, 0.25) is 0 Å². The van der Waals surface area contributed by atoms with Crippen LogP contribution in [0.15, 0.2) is 42.7 Å². The number of hydrogen-bond donors (Lipinski definition) is 2. The van der Waals surface area contributed by atoms with E-state index in [1.165, 1.54) is 18.4 Å². The van der Waals surface area contributed by atoms with Crippen LogP contribution in [0.3, 0.4) is 0 Å². The first kappa shape index (κ1) is 14.5. The summed E-state index contributed by atoms with van der Waals surface area (Å²) >= 11 is 0. The first-order valence-electron chi connectivity index (χ1n) is 8.39. The van der Waals surface area contributed by atoms with Crippen molar-refractivity contribution < 1.29 is 4.79 Å². The largest absolute Gasteiger partial charge is 0.349 e. The molecule has 0 radical (unpaired) electrons. The summed E-state index contributed by atoms with van der Waals surface area (Å²) in [4.78, 5) is 12.4. The van der Waals surface area contributed by atoms with Crippen LogP contribution in [0.1, 0.15) is 41.6 Å². The average Bonchev–Trinajstić information content (AvgIpc) is 3.15. The van der Waals surface area contributed by atoms with Crippen molar-refractivity contribution in [1.82, 2.24) is 20.4 Å². The number of nitrogens with zero attached hydrogens (tertiary/aromatic N) is 2. The van der Waals surface area contributed by atoms with Gasteiger partial charge in [-0.25, -0.2) is 0 Å². The number of rotatable bonds is 4. The number of nitrogens with one attached hydrogen (secondary N) is 2. The van der Waals surface area contributed by atoms with Gasteiger partial charge in [-0.2, -0.15) is 5.10 Å². The molecule has 2 aromatic rings. The predicted molar refractivity (Wildman–Crippen MR) is 88.2 cm³/mol. The van der Waals surface area contributed by atoms with Gasteiger partial charge >= 0.3 is 0 Å². The van der Waals surface area contributed by atoms with Crippen LogP contribution in [0.25, 0.3) is 0 Å². The van der Waals surface area contributed by atoms with Gasteiger partial charge in [0.15, 0.2) is 0 Å². The van der Waals surface area contributed by atoms with Crippen LogP contribution in [0.4, 0.5) is 0 Å². The third-order valence-corrected chi connectivity index (χ3v) is 4.89. The maximum atomic E-state index is 12.4. The van der Waals surface area contributed by atoms with Gasteiger partial charge in [-0.05, 0) is 31.2 Å². The highest BCUT2D eigenvalue weighted by Crippen LogP contribution is 2.26. The lowest BCUT2D eigenvalue weighted by Gasteiger charge is -2.29. The molecule has 2 bridgehead atoms. The number of carbonyl (C=O) groups excluding carboxylic acids is 1. The molecule has 0 aliphatic carbocycles. The number of hydrogen-bond acceptors (Lipinski definition) is 3. The fourth-order valence-corrected chi connectivity index (χ4v) is 3.78. The minimum atomic E-state index is -0.00406. The average molecular weight is 310 g/mol. The zero-order valence-corrected chi connectivity index (χ0v) is 13.1. The minimum absolute atomic E-state index is 0.00406. The number of fused-ring (bicyclic) bond motifs is 2. The van der Waals surface area contributed by atoms with Gasteiger partial charge < -0.3 is 10.6 Å². The van der Waals surface area contributed by atoms with Crippen LogP contribution in [0.5, 0.6) is 0 Å². The van der Waals surface area contributed by atoms with E-state index in [1.807, 2.05) is 29.1 Å². The molecule has 1 aromatic carbocycles. The Balaban J connectivity index is 1.37. The summed E-state index contributed by atoms with van der Waals surface area (Å²) in [5.41, 5.74) is 1.82. The fourth-order valence-electron chi connectivity index (χ4n) is 3.78. The van der Waals surface area contributed by atoms with Gasteiger partial charge in [-0.15, -0.1) is 0 Å². The highest BCUT2D eigenvalue weighted by Gasteiger charge is 2.34. The molecule has 2 aliphatic heterocycles. The molecule has 4 rings (SSSR count). The smallest absolute Gasteiger partial charge is 0.254 e. The summed E-state index contributed by atoms with van der Waals surface area (Å²) in [5, 5.41) is 11.1. The molecule has 2 aliphatic rings. The van der Waals surface area contributed by atoms with Crippen LogP contribution in [-0.4, -0.2) is 33.8 Å². The van der Waals surface area contributed by atoms with Gasteiger partial charge in [-0.3, -0.25) is 9.48 Å². The molecule has 2 atom stereocenters. The van der Waals surface area contributed by atoms with E-state index in [4.69, 9.17) is 0 Å². The molecule has 0 saturated carbocycles. The molecule has 0 spiro atoms. The highest BCUT2D eigenvalue weighted by atomic mass is 16.1. The Kier molecular flexibility index (Phi) is 3.87. The molecule has 5 heteroatoms. The lowest BCUT2D eigenvalue weighted by Crippen LogP contribution is -2.47. The summed E-state index contributed by atoms with van der Waals surface area (Å²) in [6.07, 6.45) is 8.06. The van der Waals surface area contributed by atoms with Crippen molar-refractivity contribution in [2.75, 3.05) is 0 Å². The van der Waals surface area contributed by atoms with Crippen LogP contribution >= 0.6 is 0 Å². The van der Waals surface area contributed by atoms with Crippen molar-refractivity contribution in [3.8, 4) is 0 Å². The zero-order valence-electron chi connectivity index (χ0n) is 13.1. The third kappa shape index (κ3) is 3.29. The van der Waals surface area contributed by atoms with Crippen molar-refractivity contribution in [2.24, 2.45) is 0 Å². The van der Waals surface area contributed by atoms with Crippen LogP contribution in [0, 0.1) is 0 Å². The van der Waals surface area contributed by atoms with Gasteiger partial charge in [0.25, 0.3) is 5.91 Å². The van der Waals surface area contributed by atoms with Crippen LogP contribution in [-0.2, 0) is 6.54 Å². The number of benzene rings is 1. The Morgan fingerprint density at radius 2 is 1.96 bits per heavy atom. The van der Waals surface area contributed by atoms with Crippen molar-refractivity contribution in [2.45, 2.75) is 50.4 Å². The number of aromatic nitrogens is 2. The minimum Gasteiger partial charge on any atom is -0.349 e. The van der Waals surface area contributed by atoms with E-state index in [0.717, 1.165) is 12.8 Å².